The first-order valence-electron chi connectivity index (χ1n) is 10.7. The van der Waals surface area contributed by atoms with Crippen molar-refractivity contribution in [3.8, 4) is 11.5 Å². The minimum atomic E-state index is 0.107. The molecule has 0 aromatic heterocycles. The van der Waals surface area contributed by atoms with E-state index >= 15 is 0 Å². The Balaban J connectivity index is 1.33. The molecule has 0 aliphatic carbocycles. The van der Waals surface area contributed by atoms with E-state index in [1.165, 1.54) is 11.1 Å². The number of ether oxygens (including phenoxy) is 1. The number of nitrogens with zero attached hydrogens (tertiary/aromatic N) is 2. The summed E-state index contributed by atoms with van der Waals surface area (Å²) in [7, 11) is 0. The topological polar surface area (TPSA) is 53.0 Å². The minimum absolute atomic E-state index is 0.107. The van der Waals surface area contributed by atoms with Crippen LogP contribution in [-0.2, 0) is 4.79 Å². The Morgan fingerprint density at radius 3 is 2.03 bits per heavy atom. The molecule has 3 aromatic carbocycles. The average Bonchev–Trinajstić information content (AvgIpc) is 2.81. The molecular weight excluding hydrogens is 388 g/mol. The lowest BCUT2D eigenvalue weighted by Crippen LogP contribution is -2.50. The van der Waals surface area contributed by atoms with Gasteiger partial charge >= 0.3 is 0 Å². The Morgan fingerprint density at radius 1 is 0.839 bits per heavy atom. The first-order chi connectivity index (χ1) is 15.2. The van der Waals surface area contributed by atoms with Gasteiger partial charge in [0.15, 0.2) is 0 Å². The van der Waals surface area contributed by atoms with Gasteiger partial charge in [0.25, 0.3) is 0 Å². The molecular formula is C26H28N2O3. The van der Waals surface area contributed by atoms with Crippen molar-refractivity contribution in [3.05, 3.63) is 96.1 Å². The minimum Gasteiger partial charge on any atom is -0.508 e. The van der Waals surface area contributed by atoms with Crippen LogP contribution < -0.4 is 4.74 Å². The third kappa shape index (κ3) is 5.44. The molecule has 4 rings (SSSR count). The van der Waals surface area contributed by atoms with Crippen molar-refractivity contribution in [2.75, 3.05) is 32.8 Å². The lowest BCUT2D eigenvalue weighted by atomic mass is 9.96. The van der Waals surface area contributed by atoms with Crippen LogP contribution in [0.5, 0.6) is 11.5 Å². The van der Waals surface area contributed by atoms with Gasteiger partial charge in [-0.05, 0) is 23.3 Å². The molecule has 1 N–H and O–H groups in total. The number of hydrogen-bond donors (Lipinski definition) is 1. The maximum absolute atomic E-state index is 12.6. The standard InChI is InChI=1S/C26H28N2O3/c29-23-12-7-13-24(20-23)31-19-14-25(30)27-15-17-28(18-16-27)26(21-8-3-1-4-9-21)22-10-5-2-6-11-22/h1-13,20,26,29H,14-19H2. The van der Waals surface area contributed by atoms with Crippen LogP contribution in [0.4, 0.5) is 0 Å². The molecule has 0 unspecified atom stereocenters. The Hall–Kier alpha value is -3.31. The van der Waals surface area contributed by atoms with Crippen LogP contribution in [0.2, 0.25) is 0 Å². The summed E-state index contributed by atoms with van der Waals surface area (Å²) in [5.74, 6) is 0.841. The van der Waals surface area contributed by atoms with Crippen LogP contribution >= 0.6 is 0 Å². The fourth-order valence-corrected chi connectivity index (χ4v) is 4.10. The molecule has 5 heteroatoms. The second-order valence-corrected chi connectivity index (χ2v) is 7.74. The number of hydrogen-bond acceptors (Lipinski definition) is 4. The number of phenols is 1. The summed E-state index contributed by atoms with van der Waals surface area (Å²) in [5.41, 5.74) is 2.54. The molecule has 0 spiro atoms. The van der Waals surface area contributed by atoms with Crippen LogP contribution in [0, 0.1) is 0 Å². The highest BCUT2D eigenvalue weighted by molar-refractivity contribution is 5.76. The molecule has 0 atom stereocenters. The van der Waals surface area contributed by atoms with Gasteiger partial charge in [-0.3, -0.25) is 9.69 Å². The Kier molecular flexibility index (Phi) is 6.85. The van der Waals surface area contributed by atoms with E-state index in [9.17, 15) is 9.90 Å². The molecule has 0 bridgehead atoms. The molecule has 31 heavy (non-hydrogen) atoms. The third-order valence-electron chi connectivity index (χ3n) is 5.67. The van der Waals surface area contributed by atoms with E-state index in [4.69, 9.17) is 4.74 Å². The van der Waals surface area contributed by atoms with Crippen molar-refractivity contribution in [1.82, 2.24) is 9.80 Å². The summed E-state index contributed by atoms with van der Waals surface area (Å²) < 4.78 is 5.61. The third-order valence-corrected chi connectivity index (χ3v) is 5.67. The quantitative estimate of drug-likeness (QED) is 0.630. The van der Waals surface area contributed by atoms with Gasteiger partial charge in [0, 0.05) is 32.2 Å². The highest BCUT2D eigenvalue weighted by Crippen LogP contribution is 2.29. The summed E-state index contributed by atoms with van der Waals surface area (Å²) in [4.78, 5) is 17.0. The molecule has 1 saturated heterocycles. The van der Waals surface area contributed by atoms with Gasteiger partial charge in [-0.2, -0.15) is 0 Å². The predicted octanol–water partition coefficient (Wildman–Crippen LogP) is 4.09. The van der Waals surface area contributed by atoms with Gasteiger partial charge in [-0.15, -0.1) is 0 Å². The highest BCUT2D eigenvalue weighted by Gasteiger charge is 2.27. The van der Waals surface area contributed by atoms with Gasteiger partial charge in [-0.1, -0.05) is 66.7 Å². The molecule has 5 nitrogen and oxygen atoms in total. The number of carbonyl (C=O) groups excluding carboxylic acids is 1. The number of piperazine rings is 1. The molecule has 160 valence electrons. The van der Waals surface area contributed by atoms with Crippen molar-refractivity contribution in [2.45, 2.75) is 12.5 Å². The van der Waals surface area contributed by atoms with Gasteiger partial charge < -0.3 is 14.7 Å². The number of benzene rings is 3. The van der Waals surface area contributed by atoms with Gasteiger partial charge in [-0.25, -0.2) is 0 Å². The summed E-state index contributed by atoms with van der Waals surface area (Å²) in [6.07, 6.45) is 0.330. The summed E-state index contributed by atoms with van der Waals surface area (Å²) in [6, 6.07) is 27.9. The largest absolute Gasteiger partial charge is 0.508 e. The SMILES string of the molecule is O=C(CCOc1cccc(O)c1)N1CCN(C(c2ccccc2)c2ccccc2)CC1. The second-order valence-electron chi connectivity index (χ2n) is 7.74. The van der Waals surface area contributed by atoms with E-state index < -0.39 is 0 Å². The molecule has 3 aromatic rings. The van der Waals surface area contributed by atoms with E-state index in [2.05, 4.69) is 53.4 Å². The maximum atomic E-state index is 12.6. The van der Waals surface area contributed by atoms with E-state index in [0.717, 1.165) is 13.1 Å². The molecule has 1 aliphatic heterocycles. The van der Waals surface area contributed by atoms with Gasteiger partial charge in [0.05, 0.1) is 19.1 Å². The summed E-state index contributed by atoms with van der Waals surface area (Å²) >= 11 is 0. The smallest absolute Gasteiger partial charge is 0.226 e. The predicted molar refractivity (Wildman–Crippen MR) is 121 cm³/mol. The zero-order valence-corrected chi connectivity index (χ0v) is 17.6. The molecule has 1 heterocycles. The number of carbonyl (C=O) groups is 1. The zero-order valence-electron chi connectivity index (χ0n) is 17.6. The van der Waals surface area contributed by atoms with Crippen LogP contribution in [0.25, 0.3) is 0 Å². The lowest BCUT2D eigenvalue weighted by Gasteiger charge is -2.39. The lowest BCUT2D eigenvalue weighted by molar-refractivity contribution is -0.133. The fourth-order valence-electron chi connectivity index (χ4n) is 4.10. The number of amides is 1. The van der Waals surface area contributed by atoms with Crippen molar-refractivity contribution in [3.63, 3.8) is 0 Å². The van der Waals surface area contributed by atoms with Crippen LogP contribution in [0.1, 0.15) is 23.6 Å². The van der Waals surface area contributed by atoms with E-state index in [1.54, 1.807) is 24.3 Å². The molecule has 0 radical (unpaired) electrons. The Bertz CT molecular complexity index is 931. The summed E-state index contributed by atoms with van der Waals surface area (Å²) in [5, 5.41) is 9.50. The number of rotatable bonds is 7. The normalized spacial score (nSPS) is 14.5. The van der Waals surface area contributed by atoms with E-state index in [1.807, 2.05) is 17.0 Å². The zero-order chi connectivity index (χ0) is 21.5. The van der Waals surface area contributed by atoms with Crippen molar-refractivity contribution < 1.29 is 14.6 Å². The van der Waals surface area contributed by atoms with Crippen molar-refractivity contribution in [2.24, 2.45) is 0 Å². The Morgan fingerprint density at radius 2 is 1.45 bits per heavy atom. The summed E-state index contributed by atoms with van der Waals surface area (Å²) in [6.45, 7) is 3.38. The van der Waals surface area contributed by atoms with Gasteiger partial charge in [0.2, 0.25) is 5.91 Å². The number of aromatic hydroxyl groups is 1. The van der Waals surface area contributed by atoms with E-state index in [-0.39, 0.29) is 17.7 Å². The number of phenolic OH excluding ortho intramolecular Hbond substituents is 1. The monoisotopic (exact) mass is 416 g/mol. The fraction of sp³-hybridized carbons (Fsp3) is 0.269. The second kappa shape index (κ2) is 10.1. The Labute approximate surface area is 183 Å². The molecule has 1 fully saturated rings. The van der Waals surface area contributed by atoms with Crippen LogP contribution in [0.15, 0.2) is 84.9 Å². The molecule has 1 amide bonds. The van der Waals surface area contributed by atoms with E-state index in [0.29, 0.717) is 31.9 Å². The van der Waals surface area contributed by atoms with Gasteiger partial charge in [0.1, 0.15) is 11.5 Å². The van der Waals surface area contributed by atoms with Crippen LogP contribution in [-0.4, -0.2) is 53.6 Å². The van der Waals surface area contributed by atoms with Crippen LogP contribution in [0.3, 0.4) is 0 Å². The molecule has 1 aliphatic rings. The average molecular weight is 417 g/mol. The first kappa shape index (κ1) is 20.9. The maximum Gasteiger partial charge on any atom is 0.226 e. The van der Waals surface area contributed by atoms with Crippen molar-refractivity contribution in [1.29, 1.82) is 0 Å². The molecule has 0 saturated carbocycles. The highest BCUT2D eigenvalue weighted by atomic mass is 16.5. The van der Waals surface area contributed by atoms with Crippen molar-refractivity contribution >= 4 is 5.91 Å². The first-order valence-corrected chi connectivity index (χ1v) is 10.7.